The largest absolute Gasteiger partial charge is 0.497 e. The summed E-state index contributed by atoms with van der Waals surface area (Å²) in [7, 11) is 1.70. The van der Waals surface area contributed by atoms with Gasteiger partial charge in [-0.15, -0.1) is 0 Å². The van der Waals surface area contributed by atoms with Gasteiger partial charge in [-0.05, 0) is 36.2 Å². The maximum Gasteiger partial charge on any atom is 0.118 e. The number of ether oxygens (including phenoxy) is 1. The van der Waals surface area contributed by atoms with E-state index in [4.69, 9.17) is 4.74 Å². The molecule has 116 valence electrons. The lowest BCUT2D eigenvalue weighted by molar-refractivity contribution is 0.195. The minimum atomic E-state index is 0.203. The zero-order valence-electron chi connectivity index (χ0n) is 13.2. The first-order valence-electron chi connectivity index (χ1n) is 7.80. The summed E-state index contributed by atoms with van der Waals surface area (Å²) in [6, 6.07) is 12.7. The Morgan fingerprint density at radius 3 is 2.50 bits per heavy atom. The first-order chi connectivity index (χ1) is 10.8. The van der Waals surface area contributed by atoms with Crippen molar-refractivity contribution < 1.29 is 4.74 Å². The van der Waals surface area contributed by atoms with Crippen LogP contribution >= 0.6 is 0 Å². The number of nitrogens with zero attached hydrogens (tertiary/aromatic N) is 2. The van der Waals surface area contributed by atoms with E-state index in [0.717, 1.165) is 37.6 Å². The molecule has 1 aromatic carbocycles. The highest BCUT2D eigenvalue weighted by atomic mass is 16.5. The summed E-state index contributed by atoms with van der Waals surface area (Å²) in [6.07, 6.45) is 1.89. The molecule has 2 heterocycles. The fourth-order valence-corrected chi connectivity index (χ4v) is 3.05. The Hall–Kier alpha value is -1.91. The molecule has 2 aromatic rings. The number of piperazine rings is 1. The normalized spacial score (nSPS) is 17.2. The van der Waals surface area contributed by atoms with Crippen molar-refractivity contribution in [2.75, 3.05) is 33.3 Å². The van der Waals surface area contributed by atoms with Gasteiger partial charge in [0.05, 0.1) is 18.8 Å². The smallest absolute Gasteiger partial charge is 0.118 e. The van der Waals surface area contributed by atoms with Crippen LogP contribution in [0.1, 0.15) is 22.9 Å². The zero-order valence-corrected chi connectivity index (χ0v) is 13.2. The summed E-state index contributed by atoms with van der Waals surface area (Å²) in [6.45, 7) is 6.26. The van der Waals surface area contributed by atoms with E-state index >= 15 is 0 Å². The van der Waals surface area contributed by atoms with E-state index < -0.39 is 0 Å². The Bertz CT molecular complexity index is 606. The zero-order chi connectivity index (χ0) is 15.4. The van der Waals surface area contributed by atoms with Crippen LogP contribution < -0.4 is 10.1 Å². The molecule has 0 saturated carbocycles. The first kappa shape index (κ1) is 15.0. The van der Waals surface area contributed by atoms with Crippen molar-refractivity contribution in [3.05, 3.63) is 59.4 Å². The van der Waals surface area contributed by atoms with Crippen LogP contribution in [0.15, 0.2) is 42.6 Å². The predicted octanol–water partition coefficient (Wildman–Crippen LogP) is 2.39. The third kappa shape index (κ3) is 3.13. The molecule has 1 aliphatic heterocycles. The highest BCUT2D eigenvalue weighted by Crippen LogP contribution is 2.30. The van der Waals surface area contributed by atoms with Gasteiger partial charge >= 0.3 is 0 Å². The van der Waals surface area contributed by atoms with E-state index in [1.54, 1.807) is 7.11 Å². The summed E-state index contributed by atoms with van der Waals surface area (Å²) in [4.78, 5) is 7.19. The number of pyridine rings is 1. The van der Waals surface area contributed by atoms with Crippen LogP contribution in [0, 0.1) is 6.92 Å². The maximum absolute atomic E-state index is 5.28. The second kappa shape index (κ2) is 6.90. The van der Waals surface area contributed by atoms with Crippen LogP contribution in [-0.2, 0) is 0 Å². The molecular formula is C18H23N3O. The molecule has 1 atom stereocenters. The van der Waals surface area contributed by atoms with E-state index in [1.807, 2.05) is 24.4 Å². The molecule has 1 aliphatic rings. The molecule has 0 bridgehead atoms. The fourth-order valence-electron chi connectivity index (χ4n) is 3.05. The number of benzene rings is 1. The standard InChI is InChI=1S/C18H23N3O/c1-14-4-3-9-20-17(14)18(21-12-10-19-11-13-21)15-5-7-16(22-2)8-6-15/h3-9,18-19H,10-13H2,1-2H3. The summed E-state index contributed by atoms with van der Waals surface area (Å²) in [5, 5.41) is 3.42. The predicted molar refractivity (Wildman–Crippen MR) is 88.3 cm³/mol. The summed E-state index contributed by atoms with van der Waals surface area (Å²) >= 11 is 0. The Morgan fingerprint density at radius 2 is 1.86 bits per heavy atom. The topological polar surface area (TPSA) is 37.4 Å². The van der Waals surface area contributed by atoms with Crippen molar-refractivity contribution in [1.29, 1.82) is 0 Å². The average molecular weight is 297 g/mol. The van der Waals surface area contributed by atoms with Crippen LogP contribution in [0.3, 0.4) is 0 Å². The first-order valence-corrected chi connectivity index (χ1v) is 7.80. The maximum atomic E-state index is 5.28. The number of aromatic nitrogens is 1. The van der Waals surface area contributed by atoms with E-state index in [0.29, 0.717) is 0 Å². The molecule has 1 N–H and O–H groups in total. The lowest BCUT2D eigenvalue weighted by Crippen LogP contribution is -2.45. The highest BCUT2D eigenvalue weighted by Gasteiger charge is 2.26. The van der Waals surface area contributed by atoms with Gasteiger partial charge in [-0.1, -0.05) is 18.2 Å². The second-order valence-electron chi connectivity index (χ2n) is 5.67. The number of hydrogen-bond acceptors (Lipinski definition) is 4. The summed E-state index contributed by atoms with van der Waals surface area (Å²) < 4.78 is 5.28. The van der Waals surface area contributed by atoms with Gasteiger partial charge in [-0.25, -0.2) is 0 Å². The van der Waals surface area contributed by atoms with Gasteiger partial charge in [-0.2, -0.15) is 0 Å². The Labute approximate surface area is 132 Å². The lowest BCUT2D eigenvalue weighted by Gasteiger charge is -2.35. The van der Waals surface area contributed by atoms with Gasteiger partial charge in [0, 0.05) is 32.4 Å². The fraction of sp³-hybridized carbons (Fsp3) is 0.389. The number of nitrogens with one attached hydrogen (secondary N) is 1. The second-order valence-corrected chi connectivity index (χ2v) is 5.67. The van der Waals surface area contributed by atoms with E-state index in [9.17, 15) is 0 Å². The van der Waals surface area contributed by atoms with Crippen molar-refractivity contribution in [3.63, 3.8) is 0 Å². The van der Waals surface area contributed by atoms with Crippen molar-refractivity contribution >= 4 is 0 Å². The van der Waals surface area contributed by atoms with Gasteiger partial charge in [0.25, 0.3) is 0 Å². The van der Waals surface area contributed by atoms with Crippen LogP contribution in [0.2, 0.25) is 0 Å². The van der Waals surface area contributed by atoms with Gasteiger partial charge in [-0.3, -0.25) is 9.88 Å². The van der Waals surface area contributed by atoms with Gasteiger partial charge in [0.2, 0.25) is 0 Å². The molecule has 0 spiro atoms. The van der Waals surface area contributed by atoms with Crippen LogP contribution in [0.5, 0.6) is 5.75 Å². The molecule has 1 unspecified atom stereocenters. The monoisotopic (exact) mass is 297 g/mol. The quantitative estimate of drug-likeness (QED) is 0.940. The van der Waals surface area contributed by atoms with Crippen LogP contribution in [-0.4, -0.2) is 43.2 Å². The SMILES string of the molecule is COc1ccc(C(c2ncccc2C)N2CCNCC2)cc1. The lowest BCUT2D eigenvalue weighted by atomic mass is 9.97. The molecule has 1 aromatic heterocycles. The van der Waals surface area contributed by atoms with E-state index in [1.165, 1.54) is 11.1 Å². The van der Waals surface area contributed by atoms with Crippen molar-refractivity contribution in [3.8, 4) is 5.75 Å². The summed E-state index contributed by atoms with van der Waals surface area (Å²) in [5.41, 5.74) is 3.65. The van der Waals surface area contributed by atoms with E-state index in [-0.39, 0.29) is 6.04 Å². The van der Waals surface area contributed by atoms with Gasteiger partial charge in [0.15, 0.2) is 0 Å². The minimum Gasteiger partial charge on any atom is -0.497 e. The third-order valence-electron chi connectivity index (χ3n) is 4.26. The molecule has 4 heteroatoms. The number of methoxy groups -OCH3 is 1. The Balaban J connectivity index is 1.99. The third-order valence-corrected chi connectivity index (χ3v) is 4.26. The van der Waals surface area contributed by atoms with Crippen molar-refractivity contribution in [2.24, 2.45) is 0 Å². The molecule has 4 nitrogen and oxygen atoms in total. The molecule has 0 aliphatic carbocycles. The van der Waals surface area contributed by atoms with Crippen molar-refractivity contribution in [1.82, 2.24) is 15.2 Å². The molecule has 0 amide bonds. The number of aryl methyl sites for hydroxylation is 1. The average Bonchev–Trinajstić information content (AvgIpc) is 2.58. The molecular weight excluding hydrogens is 274 g/mol. The van der Waals surface area contributed by atoms with Crippen LogP contribution in [0.25, 0.3) is 0 Å². The summed E-state index contributed by atoms with van der Waals surface area (Å²) in [5.74, 6) is 0.889. The minimum absolute atomic E-state index is 0.203. The van der Waals surface area contributed by atoms with Gasteiger partial charge < -0.3 is 10.1 Å². The number of rotatable bonds is 4. The molecule has 3 rings (SSSR count). The molecule has 22 heavy (non-hydrogen) atoms. The highest BCUT2D eigenvalue weighted by molar-refractivity contribution is 5.36. The van der Waals surface area contributed by atoms with Crippen molar-refractivity contribution in [2.45, 2.75) is 13.0 Å². The van der Waals surface area contributed by atoms with Crippen LogP contribution in [0.4, 0.5) is 0 Å². The number of hydrogen-bond donors (Lipinski definition) is 1. The van der Waals surface area contributed by atoms with Gasteiger partial charge in [0.1, 0.15) is 5.75 Å². The molecule has 1 saturated heterocycles. The Morgan fingerprint density at radius 1 is 1.14 bits per heavy atom. The molecule has 0 radical (unpaired) electrons. The Kier molecular flexibility index (Phi) is 4.71. The molecule has 1 fully saturated rings. The van der Waals surface area contributed by atoms with E-state index in [2.05, 4.69) is 40.3 Å².